The van der Waals surface area contributed by atoms with E-state index in [1.807, 2.05) is 18.2 Å². The summed E-state index contributed by atoms with van der Waals surface area (Å²) in [5.74, 6) is -4.65. The first-order chi connectivity index (χ1) is 20.8. The Morgan fingerprint density at radius 1 is 0.889 bits per heavy atom. The van der Waals surface area contributed by atoms with Crippen LogP contribution < -0.4 is 16.4 Å². The molecule has 0 radical (unpaired) electrons. The number of carbonyl (C=O) groups excluding carboxylic acids is 5. The van der Waals surface area contributed by atoms with E-state index in [0.29, 0.717) is 4.90 Å². The lowest BCUT2D eigenvalue weighted by atomic mass is 9.95. The number of hydrogen-bond acceptors (Lipinski definition) is 9. The summed E-state index contributed by atoms with van der Waals surface area (Å²) in [5, 5.41) is 16.1. The quantitative estimate of drug-likeness (QED) is 0.211. The number of esters is 1. The van der Waals surface area contributed by atoms with Gasteiger partial charge in [-0.05, 0) is 56.9 Å². The SMILES string of the molecule is CC[C@H](N)C(O)C(=O)N(C(=O)[C@@H](NC(=O)OC(C)(C)C)C(C)C)[C@H](CC(C)C)C(=O)N[C@H](C(=O)OCc1ccccc1)C(C)C. The molecule has 0 aliphatic rings. The van der Waals surface area contributed by atoms with Gasteiger partial charge in [0.25, 0.3) is 11.8 Å². The molecule has 4 amide bonds. The van der Waals surface area contributed by atoms with E-state index in [1.165, 1.54) is 0 Å². The lowest BCUT2D eigenvalue weighted by Crippen LogP contribution is -2.64. The number of nitrogens with zero attached hydrogens (tertiary/aromatic N) is 1. The number of rotatable bonds is 15. The van der Waals surface area contributed by atoms with Crippen LogP contribution in [0.4, 0.5) is 4.79 Å². The first-order valence-electron chi connectivity index (χ1n) is 15.6. The number of amides is 4. The molecule has 0 aromatic heterocycles. The predicted molar refractivity (Wildman–Crippen MR) is 170 cm³/mol. The molecule has 12 nitrogen and oxygen atoms in total. The van der Waals surface area contributed by atoms with Crippen molar-refractivity contribution in [3.63, 3.8) is 0 Å². The van der Waals surface area contributed by atoms with Crippen LogP contribution in [0.3, 0.4) is 0 Å². The van der Waals surface area contributed by atoms with Gasteiger partial charge < -0.3 is 30.9 Å². The fourth-order valence-corrected chi connectivity index (χ4v) is 4.40. The smallest absolute Gasteiger partial charge is 0.408 e. The molecule has 45 heavy (non-hydrogen) atoms. The Bertz CT molecular complexity index is 1130. The summed E-state index contributed by atoms with van der Waals surface area (Å²) >= 11 is 0. The van der Waals surface area contributed by atoms with E-state index in [1.54, 1.807) is 81.4 Å². The Morgan fingerprint density at radius 2 is 1.44 bits per heavy atom. The van der Waals surface area contributed by atoms with Crippen LogP contribution in [-0.2, 0) is 35.3 Å². The van der Waals surface area contributed by atoms with Gasteiger partial charge in [0.2, 0.25) is 5.91 Å². The summed E-state index contributed by atoms with van der Waals surface area (Å²) in [4.78, 5) is 68.6. The minimum Gasteiger partial charge on any atom is -0.459 e. The van der Waals surface area contributed by atoms with Gasteiger partial charge in [-0.15, -0.1) is 0 Å². The van der Waals surface area contributed by atoms with Crippen molar-refractivity contribution >= 4 is 29.8 Å². The Hall–Kier alpha value is -3.51. The van der Waals surface area contributed by atoms with Crippen LogP contribution in [0.25, 0.3) is 0 Å². The van der Waals surface area contributed by atoms with E-state index in [-0.39, 0.29) is 25.4 Å². The maximum atomic E-state index is 14.2. The standard InChI is InChI=1S/C33H54N4O8/c1-11-23(34)27(38)30(41)37(29(40)25(20(4)5)36-32(43)45-33(8,9)10)24(17-19(2)3)28(39)35-26(21(6)7)31(42)44-18-22-15-13-12-14-16-22/h12-16,19-21,23-27,38H,11,17-18,34H2,1-10H3,(H,35,39)(H,36,43)/t23-,24+,25-,26-,27?/m0/s1. The summed E-state index contributed by atoms with van der Waals surface area (Å²) < 4.78 is 10.8. The van der Waals surface area contributed by atoms with Gasteiger partial charge in [0.05, 0.1) is 0 Å². The Kier molecular flexibility index (Phi) is 15.7. The molecule has 1 aromatic carbocycles. The topological polar surface area (TPSA) is 177 Å². The zero-order chi connectivity index (χ0) is 34.6. The molecule has 0 spiro atoms. The molecule has 0 bridgehead atoms. The number of aliphatic hydroxyl groups excluding tert-OH is 1. The second-order valence-corrected chi connectivity index (χ2v) is 13.4. The fourth-order valence-electron chi connectivity index (χ4n) is 4.40. The highest BCUT2D eigenvalue weighted by Gasteiger charge is 2.44. The number of benzene rings is 1. The Balaban J connectivity index is 3.54. The molecule has 0 saturated heterocycles. The summed E-state index contributed by atoms with van der Waals surface area (Å²) in [6.45, 7) is 17.0. The normalized spacial score (nSPS) is 15.1. The highest BCUT2D eigenvalue weighted by molar-refractivity contribution is 6.05. The maximum Gasteiger partial charge on any atom is 0.408 e. The van der Waals surface area contributed by atoms with Crippen molar-refractivity contribution in [2.75, 3.05) is 0 Å². The Morgan fingerprint density at radius 3 is 1.91 bits per heavy atom. The Labute approximate surface area is 267 Å². The van der Waals surface area contributed by atoms with Crippen molar-refractivity contribution < 1.29 is 38.6 Å². The van der Waals surface area contributed by atoms with Gasteiger partial charge in [-0.3, -0.25) is 19.3 Å². The molecule has 0 aliphatic carbocycles. The molecule has 5 N–H and O–H groups in total. The molecule has 12 heteroatoms. The van der Waals surface area contributed by atoms with Gasteiger partial charge in [0.1, 0.15) is 36.4 Å². The number of imide groups is 1. The third-order valence-electron chi connectivity index (χ3n) is 6.96. The van der Waals surface area contributed by atoms with E-state index >= 15 is 0 Å². The second-order valence-electron chi connectivity index (χ2n) is 13.4. The maximum absolute atomic E-state index is 14.2. The molecular weight excluding hydrogens is 580 g/mol. The summed E-state index contributed by atoms with van der Waals surface area (Å²) in [6, 6.07) is 4.18. The van der Waals surface area contributed by atoms with Crippen LogP contribution in [0.15, 0.2) is 30.3 Å². The monoisotopic (exact) mass is 634 g/mol. The van der Waals surface area contributed by atoms with Crippen molar-refractivity contribution in [3.8, 4) is 0 Å². The molecule has 1 unspecified atom stereocenters. The molecule has 0 heterocycles. The van der Waals surface area contributed by atoms with Gasteiger partial charge in [0, 0.05) is 6.04 Å². The lowest BCUT2D eigenvalue weighted by molar-refractivity contribution is -0.160. The lowest BCUT2D eigenvalue weighted by Gasteiger charge is -2.37. The van der Waals surface area contributed by atoms with Crippen molar-refractivity contribution in [1.29, 1.82) is 0 Å². The van der Waals surface area contributed by atoms with Crippen LogP contribution in [0.1, 0.15) is 87.6 Å². The van der Waals surface area contributed by atoms with E-state index in [0.717, 1.165) is 5.56 Å². The van der Waals surface area contributed by atoms with Crippen molar-refractivity contribution in [3.05, 3.63) is 35.9 Å². The molecule has 0 aliphatic heterocycles. The third-order valence-corrected chi connectivity index (χ3v) is 6.96. The highest BCUT2D eigenvalue weighted by Crippen LogP contribution is 2.20. The van der Waals surface area contributed by atoms with E-state index in [2.05, 4.69) is 10.6 Å². The molecule has 0 fully saturated rings. The number of carbonyl (C=O) groups is 5. The third kappa shape index (κ3) is 12.8. The van der Waals surface area contributed by atoms with Crippen molar-refractivity contribution in [2.24, 2.45) is 23.5 Å². The van der Waals surface area contributed by atoms with Crippen molar-refractivity contribution in [2.45, 2.75) is 125 Å². The predicted octanol–water partition coefficient (Wildman–Crippen LogP) is 3.29. The van der Waals surface area contributed by atoms with Crippen LogP contribution in [0.2, 0.25) is 0 Å². The molecule has 1 rings (SSSR count). The number of hydrogen-bond donors (Lipinski definition) is 4. The van der Waals surface area contributed by atoms with Crippen LogP contribution >= 0.6 is 0 Å². The first-order valence-corrected chi connectivity index (χ1v) is 15.6. The average Bonchev–Trinajstić information content (AvgIpc) is 2.94. The van der Waals surface area contributed by atoms with Crippen molar-refractivity contribution in [1.82, 2.24) is 15.5 Å². The van der Waals surface area contributed by atoms with Crippen LogP contribution in [0, 0.1) is 17.8 Å². The summed E-state index contributed by atoms with van der Waals surface area (Å²) in [5.41, 5.74) is 5.90. The molecule has 0 saturated carbocycles. The van der Waals surface area contributed by atoms with Gasteiger partial charge in [0.15, 0.2) is 0 Å². The summed E-state index contributed by atoms with van der Waals surface area (Å²) in [6.07, 6.45) is -2.49. The van der Waals surface area contributed by atoms with E-state index in [9.17, 15) is 29.1 Å². The molecule has 1 aromatic rings. The highest BCUT2D eigenvalue weighted by atomic mass is 16.6. The number of aliphatic hydroxyl groups is 1. The minimum atomic E-state index is -1.81. The average molecular weight is 635 g/mol. The fraction of sp³-hybridized carbons (Fsp3) is 0.667. The van der Waals surface area contributed by atoms with Gasteiger partial charge in [-0.2, -0.15) is 0 Å². The van der Waals surface area contributed by atoms with Gasteiger partial charge in [-0.25, -0.2) is 9.59 Å². The first kappa shape index (κ1) is 39.5. The number of ether oxygens (including phenoxy) is 2. The number of nitrogens with two attached hydrogens (primary N) is 1. The van der Waals surface area contributed by atoms with E-state index < -0.39 is 77.5 Å². The number of nitrogens with one attached hydrogen (secondary N) is 2. The molecule has 5 atom stereocenters. The molecular formula is C33H54N4O8. The summed E-state index contributed by atoms with van der Waals surface area (Å²) in [7, 11) is 0. The van der Waals surface area contributed by atoms with E-state index in [4.69, 9.17) is 15.2 Å². The minimum absolute atomic E-state index is 0.00146. The van der Waals surface area contributed by atoms with Gasteiger partial charge >= 0.3 is 12.1 Å². The van der Waals surface area contributed by atoms with Crippen LogP contribution in [-0.4, -0.2) is 75.7 Å². The second kappa shape index (κ2) is 17.8. The zero-order valence-corrected chi connectivity index (χ0v) is 28.5. The van der Waals surface area contributed by atoms with Crippen LogP contribution in [0.5, 0.6) is 0 Å². The van der Waals surface area contributed by atoms with Gasteiger partial charge in [-0.1, -0.05) is 78.8 Å². The zero-order valence-electron chi connectivity index (χ0n) is 28.5. The largest absolute Gasteiger partial charge is 0.459 e. The molecule has 254 valence electrons. The number of alkyl carbamates (subject to hydrolysis) is 1.